The molecule has 4 heteroatoms. The lowest BCUT2D eigenvalue weighted by atomic mass is 10.1. The second kappa shape index (κ2) is 10.3. The van der Waals surface area contributed by atoms with E-state index in [0.29, 0.717) is 6.54 Å². The molecule has 0 aromatic heterocycles. The van der Waals surface area contributed by atoms with Crippen molar-refractivity contribution in [2.45, 2.75) is 38.5 Å². The molecule has 0 aromatic rings. The summed E-state index contributed by atoms with van der Waals surface area (Å²) in [6.07, 6.45) is 7.05. The van der Waals surface area contributed by atoms with Gasteiger partial charge >= 0.3 is 0 Å². The fraction of sp³-hybridized carbons (Fsp3) is 1.00. The Hall–Kier alpha value is -0.730. The van der Waals surface area contributed by atoms with Crippen LogP contribution < -0.4 is 5.73 Å². The molecule has 0 heterocycles. The molecule has 0 radical (unpaired) electrons. The summed E-state index contributed by atoms with van der Waals surface area (Å²) in [4.78, 5) is 2.69. The lowest BCUT2D eigenvalue weighted by Gasteiger charge is -1.97. The van der Waals surface area contributed by atoms with E-state index < -0.39 is 0 Å². The van der Waals surface area contributed by atoms with E-state index in [4.69, 9.17) is 11.3 Å². The van der Waals surface area contributed by atoms with Gasteiger partial charge in [0.15, 0.2) is 0 Å². The van der Waals surface area contributed by atoms with Crippen LogP contribution in [0.3, 0.4) is 0 Å². The zero-order chi connectivity index (χ0) is 9.07. The topological polar surface area (TPSA) is 74.8 Å². The van der Waals surface area contributed by atoms with Crippen LogP contribution in [0.1, 0.15) is 38.5 Å². The molecule has 0 unspecified atom stereocenters. The largest absolute Gasteiger partial charge is 0.330 e. The van der Waals surface area contributed by atoms with Crippen LogP contribution in [0.2, 0.25) is 0 Å². The van der Waals surface area contributed by atoms with Crippen molar-refractivity contribution in [2.24, 2.45) is 10.8 Å². The van der Waals surface area contributed by atoms with Crippen LogP contribution >= 0.6 is 0 Å². The van der Waals surface area contributed by atoms with Gasteiger partial charge in [0.2, 0.25) is 0 Å². The molecule has 2 N–H and O–H groups in total. The Balaban J connectivity index is 2.86. The minimum atomic E-state index is 0.646. The zero-order valence-electron chi connectivity index (χ0n) is 7.58. The molecule has 0 saturated heterocycles. The van der Waals surface area contributed by atoms with E-state index in [1.165, 1.54) is 25.7 Å². The SMILES string of the molecule is [N-]=[N+]=NCCCCCCCCN. The molecule has 0 rings (SSSR count). The van der Waals surface area contributed by atoms with Gasteiger partial charge in [0, 0.05) is 11.5 Å². The number of nitrogens with zero attached hydrogens (tertiary/aromatic N) is 3. The van der Waals surface area contributed by atoms with E-state index in [-0.39, 0.29) is 0 Å². The minimum absolute atomic E-state index is 0.646. The van der Waals surface area contributed by atoms with Crippen molar-refractivity contribution in [3.63, 3.8) is 0 Å². The molecule has 0 aliphatic rings. The molecule has 12 heavy (non-hydrogen) atoms. The predicted octanol–water partition coefficient (Wildman–Crippen LogP) is 2.60. The number of hydrogen-bond acceptors (Lipinski definition) is 2. The van der Waals surface area contributed by atoms with Gasteiger partial charge < -0.3 is 5.73 Å². The first-order valence-electron chi connectivity index (χ1n) is 4.62. The van der Waals surface area contributed by atoms with Crippen LogP contribution in [0.25, 0.3) is 10.4 Å². The van der Waals surface area contributed by atoms with Gasteiger partial charge in [0.05, 0.1) is 0 Å². The Kier molecular flexibility index (Phi) is 9.65. The number of nitrogens with two attached hydrogens (primary N) is 1. The number of unbranched alkanes of at least 4 members (excludes halogenated alkanes) is 5. The first-order valence-corrected chi connectivity index (χ1v) is 4.62. The molecule has 0 amide bonds. The maximum absolute atomic E-state index is 7.98. The van der Waals surface area contributed by atoms with Crippen molar-refractivity contribution in [1.29, 1.82) is 0 Å². The van der Waals surface area contributed by atoms with E-state index >= 15 is 0 Å². The van der Waals surface area contributed by atoms with Crippen LogP contribution in [-0.4, -0.2) is 13.1 Å². The Bertz CT molecular complexity index is 129. The Morgan fingerprint density at radius 2 is 1.58 bits per heavy atom. The summed E-state index contributed by atoms with van der Waals surface area (Å²) in [6, 6.07) is 0. The first kappa shape index (κ1) is 11.3. The second-order valence-corrected chi connectivity index (χ2v) is 2.86. The highest BCUT2D eigenvalue weighted by atomic mass is 15.1. The molecule has 0 saturated carbocycles. The third-order valence-corrected chi connectivity index (χ3v) is 1.78. The van der Waals surface area contributed by atoms with Crippen molar-refractivity contribution in [2.75, 3.05) is 13.1 Å². The molecular formula is C8H18N4. The standard InChI is InChI=1S/C8H18N4/c9-7-5-3-1-2-4-6-8-11-12-10/h1-9H2. The van der Waals surface area contributed by atoms with Crippen LogP contribution in [0.5, 0.6) is 0 Å². The normalized spacial score (nSPS) is 9.42. The predicted molar refractivity (Wildman–Crippen MR) is 50.8 cm³/mol. The third-order valence-electron chi connectivity index (χ3n) is 1.78. The fourth-order valence-electron chi connectivity index (χ4n) is 1.08. The molecule has 0 spiro atoms. The Morgan fingerprint density at radius 1 is 1.00 bits per heavy atom. The maximum Gasteiger partial charge on any atom is 0.0257 e. The molecule has 0 atom stereocenters. The second-order valence-electron chi connectivity index (χ2n) is 2.86. The lowest BCUT2D eigenvalue weighted by molar-refractivity contribution is 0.601. The molecule has 0 aliphatic heterocycles. The first-order chi connectivity index (χ1) is 5.91. The van der Waals surface area contributed by atoms with Gasteiger partial charge in [0.25, 0.3) is 0 Å². The van der Waals surface area contributed by atoms with Crippen LogP contribution in [0.4, 0.5) is 0 Å². The average molecular weight is 170 g/mol. The highest BCUT2D eigenvalue weighted by Gasteiger charge is 1.88. The minimum Gasteiger partial charge on any atom is -0.330 e. The quantitative estimate of drug-likeness (QED) is 0.258. The number of hydrogen-bond donors (Lipinski definition) is 1. The molecule has 4 nitrogen and oxygen atoms in total. The summed E-state index contributed by atoms with van der Waals surface area (Å²) in [6.45, 7) is 1.45. The molecule has 0 aromatic carbocycles. The molecule has 0 aliphatic carbocycles. The summed E-state index contributed by atoms with van der Waals surface area (Å²) < 4.78 is 0. The van der Waals surface area contributed by atoms with E-state index in [9.17, 15) is 0 Å². The van der Waals surface area contributed by atoms with Crippen LogP contribution in [-0.2, 0) is 0 Å². The summed E-state index contributed by atoms with van der Waals surface area (Å²) >= 11 is 0. The summed E-state index contributed by atoms with van der Waals surface area (Å²) in [5.74, 6) is 0. The van der Waals surface area contributed by atoms with E-state index in [0.717, 1.165) is 19.4 Å². The Labute approximate surface area is 73.8 Å². The number of azide groups is 1. The van der Waals surface area contributed by atoms with Gasteiger partial charge in [-0.25, -0.2) is 0 Å². The highest BCUT2D eigenvalue weighted by molar-refractivity contribution is 4.49. The van der Waals surface area contributed by atoms with Crippen molar-refractivity contribution in [1.82, 2.24) is 0 Å². The highest BCUT2D eigenvalue weighted by Crippen LogP contribution is 2.04. The van der Waals surface area contributed by atoms with E-state index in [1.807, 2.05) is 0 Å². The average Bonchev–Trinajstić information content (AvgIpc) is 2.10. The van der Waals surface area contributed by atoms with Crippen molar-refractivity contribution in [3.8, 4) is 0 Å². The van der Waals surface area contributed by atoms with Crippen LogP contribution in [0, 0.1) is 0 Å². The smallest absolute Gasteiger partial charge is 0.0257 e. The van der Waals surface area contributed by atoms with Gasteiger partial charge in [-0.3, -0.25) is 0 Å². The third kappa shape index (κ3) is 9.27. The lowest BCUT2D eigenvalue weighted by Crippen LogP contribution is -1.97. The van der Waals surface area contributed by atoms with Gasteiger partial charge in [-0.1, -0.05) is 30.8 Å². The maximum atomic E-state index is 7.98. The molecule has 0 bridgehead atoms. The van der Waals surface area contributed by atoms with Gasteiger partial charge in [0.1, 0.15) is 0 Å². The fourth-order valence-corrected chi connectivity index (χ4v) is 1.08. The van der Waals surface area contributed by atoms with Gasteiger partial charge in [-0.2, -0.15) is 0 Å². The van der Waals surface area contributed by atoms with Crippen molar-refractivity contribution >= 4 is 0 Å². The van der Waals surface area contributed by atoms with Gasteiger partial charge in [-0.15, -0.1) is 0 Å². The van der Waals surface area contributed by atoms with E-state index in [2.05, 4.69) is 10.0 Å². The number of rotatable bonds is 8. The monoisotopic (exact) mass is 170 g/mol. The summed E-state index contributed by atoms with van der Waals surface area (Å²) in [5.41, 5.74) is 13.3. The van der Waals surface area contributed by atoms with Crippen molar-refractivity contribution in [3.05, 3.63) is 10.4 Å². The molecule has 0 fully saturated rings. The van der Waals surface area contributed by atoms with Crippen molar-refractivity contribution < 1.29 is 0 Å². The summed E-state index contributed by atoms with van der Waals surface area (Å²) in [5, 5.41) is 3.47. The summed E-state index contributed by atoms with van der Waals surface area (Å²) in [7, 11) is 0. The van der Waals surface area contributed by atoms with Crippen LogP contribution in [0.15, 0.2) is 5.11 Å². The Morgan fingerprint density at radius 3 is 2.17 bits per heavy atom. The zero-order valence-corrected chi connectivity index (χ0v) is 7.58. The van der Waals surface area contributed by atoms with E-state index in [1.54, 1.807) is 0 Å². The molecular weight excluding hydrogens is 152 g/mol. The molecule has 70 valence electrons. The van der Waals surface area contributed by atoms with Gasteiger partial charge in [-0.05, 0) is 24.9 Å².